The third-order valence-electron chi connectivity index (χ3n) is 1.71. The van der Waals surface area contributed by atoms with E-state index in [1.807, 2.05) is 13.8 Å². The van der Waals surface area contributed by atoms with Crippen LogP contribution >= 0.6 is 0 Å². The van der Waals surface area contributed by atoms with Gasteiger partial charge in [-0.05, 0) is 25.5 Å². The molecule has 0 atom stereocenters. The van der Waals surface area contributed by atoms with Gasteiger partial charge >= 0.3 is 6.36 Å². The predicted octanol–water partition coefficient (Wildman–Crippen LogP) is 3.93. The highest BCUT2D eigenvalue weighted by atomic mass is 19.4. The van der Waals surface area contributed by atoms with Crippen LogP contribution in [0.1, 0.15) is 26.3 Å². The number of hydrogen-bond acceptors (Lipinski definition) is 2. The third kappa shape index (κ3) is 6.12. The molecule has 3 nitrogen and oxygen atoms in total. The second-order valence-electron chi connectivity index (χ2n) is 3.25. The lowest BCUT2D eigenvalue weighted by atomic mass is 10.2. The second kappa shape index (κ2) is 6.88. The van der Waals surface area contributed by atoms with Crippen LogP contribution in [-0.4, -0.2) is 12.2 Å². The van der Waals surface area contributed by atoms with Crippen molar-refractivity contribution in [2.45, 2.75) is 34.1 Å². The molecule has 0 saturated carbocycles. The summed E-state index contributed by atoms with van der Waals surface area (Å²) < 4.78 is 39.6. The lowest BCUT2D eigenvalue weighted by molar-refractivity contribution is -0.274. The number of alkyl halides is 3. The highest BCUT2D eigenvalue weighted by Crippen LogP contribution is 2.28. The molecule has 6 heteroatoms. The Morgan fingerprint density at radius 1 is 1.28 bits per heavy atom. The Bertz CT molecular complexity index is 410. The molecule has 0 radical (unpaired) electrons. The lowest BCUT2D eigenvalue weighted by Crippen LogP contribution is -2.17. The Hall–Kier alpha value is -1.72. The van der Waals surface area contributed by atoms with Gasteiger partial charge in [0, 0.05) is 6.07 Å². The summed E-state index contributed by atoms with van der Waals surface area (Å²) in [5.74, 6) is -0.0367. The summed E-state index contributed by atoms with van der Waals surface area (Å²) in [5, 5.41) is 0. The first-order valence-corrected chi connectivity index (χ1v) is 5.45. The molecule has 1 aromatic carbocycles. The summed E-state index contributed by atoms with van der Waals surface area (Å²) in [4.78, 5) is 3.90. The molecular weight excluding hydrogens is 245 g/mol. The molecule has 0 aliphatic carbocycles. The van der Waals surface area contributed by atoms with E-state index >= 15 is 0 Å². The van der Waals surface area contributed by atoms with Gasteiger partial charge in [-0.1, -0.05) is 19.9 Å². The number of rotatable bonds is 2. The molecule has 0 heterocycles. The monoisotopic (exact) mass is 262 g/mol. The van der Waals surface area contributed by atoms with Crippen LogP contribution in [0.2, 0.25) is 0 Å². The molecule has 18 heavy (non-hydrogen) atoms. The van der Waals surface area contributed by atoms with E-state index in [1.165, 1.54) is 18.2 Å². The van der Waals surface area contributed by atoms with E-state index in [0.29, 0.717) is 5.69 Å². The van der Waals surface area contributed by atoms with Gasteiger partial charge in [0.2, 0.25) is 0 Å². The third-order valence-corrected chi connectivity index (χ3v) is 1.71. The van der Waals surface area contributed by atoms with Gasteiger partial charge in [0.15, 0.2) is 0 Å². The summed E-state index contributed by atoms with van der Waals surface area (Å²) in [5.41, 5.74) is 6.44. The van der Waals surface area contributed by atoms with Crippen molar-refractivity contribution < 1.29 is 17.9 Å². The predicted molar refractivity (Wildman–Crippen MR) is 66.2 cm³/mol. The van der Waals surface area contributed by atoms with E-state index < -0.39 is 6.36 Å². The van der Waals surface area contributed by atoms with Crippen molar-refractivity contribution in [1.29, 1.82) is 0 Å². The zero-order valence-electron chi connectivity index (χ0n) is 10.8. The van der Waals surface area contributed by atoms with Crippen molar-refractivity contribution in [3.05, 3.63) is 23.8 Å². The van der Waals surface area contributed by atoms with Gasteiger partial charge in [0.25, 0.3) is 0 Å². The van der Waals surface area contributed by atoms with Gasteiger partial charge in [-0.3, -0.25) is 0 Å². The largest absolute Gasteiger partial charge is 0.573 e. The van der Waals surface area contributed by atoms with Crippen LogP contribution in [0.4, 0.5) is 18.9 Å². The Morgan fingerprint density at radius 2 is 1.83 bits per heavy atom. The first-order chi connectivity index (χ1) is 8.28. The van der Waals surface area contributed by atoms with E-state index in [4.69, 9.17) is 5.73 Å². The molecule has 1 aromatic rings. The van der Waals surface area contributed by atoms with Crippen molar-refractivity contribution in [3.63, 3.8) is 0 Å². The summed E-state index contributed by atoms with van der Waals surface area (Å²) >= 11 is 0. The minimum absolute atomic E-state index is 0.271. The van der Waals surface area contributed by atoms with Crippen molar-refractivity contribution in [2.24, 2.45) is 10.7 Å². The quantitative estimate of drug-likeness (QED) is 0.648. The molecule has 0 saturated heterocycles. The Labute approximate surface area is 104 Å². The molecule has 1 rings (SSSR count). The maximum Gasteiger partial charge on any atom is 0.573 e. The number of halogens is 3. The summed E-state index contributed by atoms with van der Waals surface area (Å²) in [6.45, 7) is 7.27. The van der Waals surface area contributed by atoms with Crippen molar-refractivity contribution in [2.75, 3.05) is 0 Å². The molecule has 0 aromatic heterocycles. The fourth-order valence-electron chi connectivity index (χ4n) is 1.10. The molecule has 102 valence electrons. The highest BCUT2D eigenvalue weighted by molar-refractivity contribution is 5.81. The van der Waals surface area contributed by atoms with Gasteiger partial charge < -0.3 is 10.5 Å². The molecule has 0 aliphatic rings. The van der Waals surface area contributed by atoms with Crippen LogP contribution in [0.3, 0.4) is 0 Å². The van der Waals surface area contributed by atoms with E-state index in [1.54, 1.807) is 13.8 Å². The topological polar surface area (TPSA) is 47.6 Å². The van der Waals surface area contributed by atoms with Crippen LogP contribution in [0.15, 0.2) is 23.2 Å². The second-order valence-corrected chi connectivity index (χ2v) is 3.25. The minimum Gasteiger partial charge on any atom is -0.406 e. The summed E-state index contributed by atoms with van der Waals surface area (Å²) in [6, 6.07) is 3.91. The fourth-order valence-corrected chi connectivity index (χ4v) is 1.10. The van der Waals surface area contributed by atoms with Gasteiger partial charge in [-0.25, -0.2) is 4.99 Å². The van der Waals surface area contributed by atoms with E-state index in [-0.39, 0.29) is 11.6 Å². The van der Waals surface area contributed by atoms with Crippen molar-refractivity contribution in [1.82, 2.24) is 0 Å². The van der Waals surface area contributed by atoms with Gasteiger partial charge in [-0.15, -0.1) is 13.2 Å². The molecule has 0 spiro atoms. The molecule has 0 amide bonds. The van der Waals surface area contributed by atoms with E-state index in [0.717, 1.165) is 5.56 Å². The summed E-state index contributed by atoms with van der Waals surface area (Å²) in [6.07, 6.45) is -4.70. The Balaban J connectivity index is 0.00000137. The number of nitrogens with two attached hydrogens (primary N) is 1. The first kappa shape index (κ1) is 16.3. The van der Waals surface area contributed by atoms with E-state index in [9.17, 15) is 13.2 Å². The summed E-state index contributed by atoms with van der Waals surface area (Å²) in [7, 11) is 0. The highest BCUT2D eigenvalue weighted by Gasteiger charge is 2.31. The SMILES string of the molecule is CC.CC(N)=Nc1cc(OC(F)(F)F)ccc1C. The van der Waals surface area contributed by atoms with Crippen LogP contribution in [-0.2, 0) is 0 Å². The number of hydrogen-bond donors (Lipinski definition) is 1. The fraction of sp³-hybridized carbons (Fsp3) is 0.417. The number of nitrogens with zero attached hydrogens (tertiary/aromatic N) is 1. The van der Waals surface area contributed by atoms with E-state index in [2.05, 4.69) is 9.73 Å². The van der Waals surface area contributed by atoms with Crippen LogP contribution < -0.4 is 10.5 Å². The average molecular weight is 262 g/mol. The smallest absolute Gasteiger partial charge is 0.406 e. The Morgan fingerprint density at radius 3 is 2.28 bits per heavy atom. The molecular formula is C12H17F3N2O. The van der Waals surface area contributed by atoms with Gasteiger partial charge in [0.1, 0.15) is 5.75 Å². The average Bonchev–Trinajstić information content (AvgIpc) is 2.23. The molecule has 2 N–H and O–H groups in total. The zero-order chi connectivity index (χ0) is 14.3. The maximum atomic E-state index is 12.0. The van der Waals surface area contributed by atoms with Crippen LogP contribution in [0, 0.1) is 6.92 Å². The molecule has 0 fully saturated rings. The van der Waals surface area contributed by atoms with Gasteiger partial charge in [-0.2, -0.15) is 0 Å². The standard InChI is InChI=1S/C10H11F3N2O.C2H6/c1-6-3-4-8(16-10(11,12)13)5-9(6)15-7(2)14;1-2/h3-5H,1-2H3,(H2,14,15);1-2H3. The number of amidine groups is 1. The number of aliphatic imine (C=N–C) groups is 1. The molecule has 0 bridgehead atoms. The van der Waals surface area contributed by atoms with Crippen LogP contribution in [0.25, 0.3) is 0 Å². The van der Waals surface area contributed by atoms with Crippen molar-refractivity contribution in [3.8, 4) is 5.75 Å². The number of aryl methyl sites for hydroxylation is 1. The Kier molecular flexibility index (Phi) is 6.22. The molecule has 0 unspecified atom stereocenters. The number of ether oxygens (including phenoxy) is 1. The maximum absolute atomic E-state index is 12.0. The minimum atomic E-state index is -4.70. The zero-order valence-corrected chi connectivity index (χ0v) is 10.8. The molecule has 0 aliphatic heterocycles. The lowest BCUT2D eigenvalue weighted by Gasteiger charge is -2.10. The number of benzene rings is 1. The van der Waals surface area contributed by atoms with Crippen LogP contribution in [0.5, 0.6) is 5.75 Å². The first-order valence-electron chi connectivity index (χ1n) is 5.45. The van der Waals surface area contributed by atoms with Gasteiger partial charge in [0.05, 0.1) is 11.5 Å². The van der Waals surface area contributed by atoms with Crippen molar-refractivity contribution >= 4 is 11.5 Å². The normalized spacial score (nSPS) is 11.6.